The number of aliphatic imine (C=N–C) groups is 1. The second-order valence-corrected chi connectivity index (χ2v) is 8.67. The molecule has 0 aromatic carbocycles. The lowest BCUT2D eigenvalue weighted by Crippen LogP contribution is -2.45. The third kappa shape index (κ3) is 7.45. The summed E-state index contributed by atoms with van der Waals surface area (Å²) in [6, 6.07) is 0.291. The van der Waals surface area contributed by atoms with Gasteiger partial charge in [-0.3, -0.25) is 9.79 Å². The average Bonchev–Trinajstić information content (AvgIpc) is 3.43. The van der Waals surface area contributed by atoms with E-state index in [-0.39, 0.29) is 5.92 Å². The number of guanidine groups is 1. The summed E-state index contributed by atoms with van der Waals surface area (Å²) < 4.78 is 11.1. The third-order valence-electron chi connectivity index (χ3n) is 6.23. The minimum atomic E-state index is 0.264. The van der Waals surface area contributed by atoms with Crippen molar-refractivity contribution in [2.24, 2.45) is 16.8 Å². The van der Waals surface area contributed by atoms with Gasteiger partial charge in [-0.1, -0.05) is 19.3 Å². The molecule has 3 aliphatic rings. The number of nitrogens with one attached hydrogen (secondary N) is 2. The maximum atomic E-state index is 12.8. The maximum absolute atomic E-state index is 12.8. The number of carbonyl (C=O) groups is 1. The van der Waals surface area contributed by atoms with Gasteiger partial charge >= 0.3 is 0 Å². The smallest absolute Gasteiger partial charge is 0.225 e. The lowest BCUT2D eigenvalue weighted by Gasteiger charge is -2.26. The first-order valence-electron chi connectivity index (χ1n) is 11.8. The Kier molecular flexibility index (Phi) is 9.54. The average molecular weight is 409 g/mol. The SMILES string of the molecule is CCNC(=NCCCOCC1CCOC1)NC1CCN(C(=O)C2CCCCC2)C1. The van der Waals surface area contributed by atoms with Crippen molar-refractivity contribution in [3.05, 3.63) is 0 Å². The van der Waals surface area contributed by atoms with Crippen molar-refractivity contribution in [2.75, 3.05) is 52.6 Å². The number of amides is 1. The molecule has 29 heavy (non-hydrogen) atoms. The Morgan fingerprint density at radius 2 is 2.07 bits per heavy atom. The Morgan fingerprint density at radius 1 is 1.21 bits per heavy atom. The monoisotopic (exact) mass is 408 g/mol. The molecule has 166 valence electrons. The molecule has 1 amide bonds. The highest BCUT2D eigenvalue weighted by Gasteiger charge is 2.31. The Balaban J connectivity index is 1.34. The molecule has 7 nitrogen and oxygen atoms in total. The van der Waals surface area contributed by atoms with E-state index >= 15 is 0 Å². The van der Waals surface area contributed by atoms with Crippen LogP contribution < -0.4 is 10.6 Å². The van der Waals surface area contributed by atoms with Crippen molar-refractivity contribution in [2.45, 2.75) is 64.3 Å². The van der Waals surface area contributed by atoms with Crippen LogP contribution in [0.4, 0.5) is 0 Å². The Bertz CT molecular complexity index is 516. The van der Waals surface area contributed by atoms with Gasteiger partial charge in [0.2, 0.25) is 5.91 Å². The Labute approximate surface area is 176 Å². The zero-order chi connectivity index (χ0) is 20.3. The number of nitrogens with zero attached hydrogens (tertiary/aromatic N) is 2. The van der Waals surface area contributed by atoms with Crippen molar-refractivity contribution in [1.29, 1.82) is 0 Å². The molecule has 2 N–H and O–H groups in total. The number of ether oxygens (including phenoxy) is 2. The van der Waals surface area contributed by atoms with Gasteiger partial charge in [-0.2, -0.15) is 0 Å². The molecule has 0 aromatic heterocycles. The number of likely N-dealkylation sites (tertiary alicyclic amines) is 1. The van der Waals surface area contributed by atoms with Crippen LogP contribution in [-0.4, -0.2) is 75.4 Å². The second-order valence-electron chi connectivity index (χ2n) is 8.67. The lowest BCUT2D eigenvalue weighted by molar-refractivity contribution is -0.135. The Hall–Kier alpha value is -1.34. The molecule has 3 fully saturated rings. The van der Waals surface area contributed by atoms with Gasteiger partial charge in [0.05, 0.1) is 13.2 Å². The minimum absolute atomic E-state index is 0.264. The van der Waals surface area contributed by atoms with Crippen LogP contribution in [0.15, 0.2) is 4.99 Å². The van der Waals surface area contributed by atoms with E-state index in [1.807, 2.05) is 0 Å². The van der Waals surface area contributed by atoms with E-state index in [1.54, 1.807) is 0 Å². The standard InChI is InChI=1S/C22H40N4O3/c1-2-23-22(24-11-6-13-28-16-18-10-14-29-17-18)25-20-9-12-26(15-20)21(27)19-7-4-3-5-8-19/h18-20H,2-17H2,1H3,(H2,23,24,25). The number of hydrogen-bond donors (Lipinski definition) is 2. The van der Waals surface area contributed by atoms with Crippen molar-refractivity contribution >= 4 is 11.9 Å². The highest BCUT2D eigenvalue weighted by molar-refractivity contribution is 5.81. The molecule has 2 heterocycles. The molecule has 2 atom stereocenters. The predicted octanol–water partition coefficient (Wildman–Crippen LogP) is 2.17. The van der Waals surface area contributed by atoms with Crippen LogP contribution in [0.5, 0.6) is 0 Å². The molecule has 0 bridgehead atoms. The lowest BCUT2D eigenvalue weighted by atomic mass is 9.88. The number of carbonyl (C=O) groups excluding carboxylic acids is 1. The highest BCUT2D eigenvalue weighted by Crippen LogP contribution is 2.26. The fourth-order valence-electron chi connectivity index (χ4n) is 4.52. The van der Waals surface area contributed by atoms with Gasteiger partial charge in [-0.15, -0.1) is 0 Å². The van der Waals surface area contributed by atoms with Gasteiger partial charge in [0, 0.05) is 57.3 Å². The van der Waals surface area contributed by atoms with Crippen LogP contribution in [0.2, 0.25) is 0 Å². The van der Waals surface area contributed by atoms with Crippen LogP contribution in [0.1, 0.15) is 58.3 Å². The molecule has 2 unspecified atom stereocenters. The van der Waals surface area contributed by atoms with Crippen molar-refractivity contribution < 1.29 is 14.3 Å². The van der Waals surface area contributed by atoms with Crippen LogP contribution in [-0.2, 0) is 14.3 Å². The largest absolute Gasteiger partial charge is 0.381 e. The van der Waals surface area contributed by atoms with Crippen molar-refractivity contribution in [1.82, 2.24) is 15.5 Å². The van der Waals surface area contributed by atoms with Gasteiger partial charge in [-0.05, 0) is 39.0 Å². The molecule has 2 aliphatic heterocycles. The summed E-state index contributed by atoms with van der Waals surface area (Å²) in [6.45, 7) is 8.58. The zero-order valence-electron chi connectivity index (χ0n) is 18.2. The van der Waals surface area contributed by atoms with E-state index in [9.17, 15) is 4.79 Å². The van der Waals surface area contributed by atoms with Gasteiger partial charge in [0.15, 0.2) is 5.96 Å². The molecule has 0 spiro atoms. The summed E-state index contributed by atoms with van der Waals surface area (Å²) in [5, 5.41) is 6.86. The first kappa shape index (κ1) is 22.3. The molecule has 1 saturated carbocycles. The first-order chi connectivity index (χ1) is 14.3. The van der Waals surface area contributed by atoms with Crippen molar-refractivity contribution in [3.63, 3.8) is 0 Å². The normalized spacial score (nSPS) is 26.1. The van der Waals surface area contributed by atoms with Crippen LogP contribution in [0.25, 0.3) is 0 Å². The van der Waals surface area contributed by atoms with Crippen molar-refractivity contribution in [3.8, 4) is 0 Å². The summed E-state index contributed by atoms with van der Waals surface area (Å²) >= 11 is 0. The topological polar surface area (TPSA) is 75.2 Å². The van der Waals surface area contributed by atoms with Gasteiger partial charge in [0.25, 0.3) is 0 Å². The molecule has 0 aromatic rings. The van der Waals surface area contributed by atoms with E-state index in [1.165, 1.54) is 19.3 Å². The highest BCUT2D eigenvalue weighted by atomic mass is 16.5. The summed E-state index contributed by atoms with van der Waals surface area (Å²) in [7, 11) is 0. The number of hydrogen-bond acceptors (Lipinski definition) is 4. The maximum Gasteiger partial charge on any atom is 0.225 e. The fourth-order valence-corrected chi connectivity index (χ4v) is 4.52. The second kappa shape index (κ2) is 12.4. The van der Waals surface area contributed by atoms with E-state index in [0.29, 0.717) is 17.9 Å². The molecule has 3 rings (SSSR count). The summed E-state index contributed by atoms with van der Waals surface area (Å²) in [5.74, 6) is 2.06. The van der Waals surface area contributed by atoms with Crippen LogP contribution >= 0.6 is 0 Å². The molecule has 1 aliphatic carbocycles. The molecular formula is C22H40N4O3. The predicted molar refractivity (Wildman–Crippen MR) is 115 cm³/mol. The molecular weight excluding hydrogens is 368 g/mol. The van der Waals surface area contributed by atoms with E-state index in [0.717, 1.165) is 90.7 Å². The summed E-state index contributed by atoms with van der Waals surface area (Å²) in [5.41, 5.74) is 0. The number of rotatable bonds is 9. The van der Waals surface area contributed by atoms with E-state index < -0.39 is 0 Å². The van der Waals surface area contributed by atoms with Crippen LogP contribution in [0.3, 0.4) is 0 Å². The summed E-state index contributed by atoms with van der Waals surface area (Å²) in [4.78, 5) is 19.5. The van der Waals surface area contributed by atoms with E-state index in [4.69, 9.17) is 14.5 Å². The quantitative estimate of drug-likeness (QED) is 0.347. The molecule has 7 heteroatoms. The minimum Gasteiger partial charge on any atom is -0.381 e. The van der Waals surface area contributed by atoms with Gasteiger partial charge < -0.3 is 25.0 Å². The van der Waals surface area contributed by atoms with Crippen LogP contribution in [0, 0.1) is 11.8 Å². The Morgan fingerprint density at radius 3 is 2.83 bits per heavy atom. The first-order valence-corrected chi connectivity index (χ1v) is 11.8. The molecule has 2 saturated heterocycles. The van der Waals surface area contributed by atoms with E-state index in [2.05, 4.69) is 22.5 Å². The fraction of sp³-hybridized carbons (Fsp3) is 0.909. The molecule has 0 radical (unpaired) electrons. The van der Waals surface area contributed by atoms with Gasteiger partial charge in [0.1, 0.15) is 0 Å². The van der Waals surface area contributed by atoms with Gasteiger partial charge in [-0.25, -0.2) is 0 Å². The third-order valence-corrected chi connectivity index (χ3v) is 6.23. The zero-order valence-corrected chi connectivity index (χ0v) is 18.2. The summed E-state index contributed by atoms with van der Waals surface area (Å²) in [6.07, 6.45) is 8.89.